The number of esters is 2. The van der Waals surface area contributed by atoms with Crippen molar-refractivity contribution in [3.63, 3.8) is 0 Å². The topological polar surface area (TPSA) is 134 Å². The van der Waals surface area contributed by atoms with E-state index in [1.807, 2.05) is 0 Å². The quantitative estimate of drug-likeness (QED) is 0.342. The van der Waals surface area contributed by atoms with Crippen molar-refractivity contribution in [3.05, 3.63) is 35.4 Å². The minimum absolute atomic E-state index is 0.195. The van der Waals surface area contributed by atoms with E-state index in [9.17, 15) is 9.59 Å². The molecule has 0 aliphatic heterocycles. The zero-order valence-electron chi connectivity index (χ0n) is 16.8. The molecule has 0 atom stereocenters. The van der Waals surface area contributed by atoms with Crippen LogP contribution in [-0.4, -0.2) is 73.0 Å². The summed E-state index contributed by atoms with van der Waals surface area (Å²) >= 11 is 0. The number of methoxy groups -OCH3 is 2. The molecular formula is C20H34O8. The van der Waals surface area contributed by atoms with Gasteiger partial charge < -0.3 is 29.9 Å². The third-order valence-corrected chi connectivity index (χ3v) is 3.36. The third kappa shape index (κ3) is 16.2. The number of benzene rings is 1. The fourth-order valence-corrected chi connectivity index (χ4v) is 1.78. The molecule has 0 unspecified atom stereocenters. The SMILES string of the molecule is COC(=O)c1ccc(C(=O)OC)cc1.OCCCCCCO.OCCCCO. The van der Waals surface area contributed by atoms with E-state index >= 15 is 0 Å². The van der Waals surface area contributed by atoms with E-state index in [0.717, 1.165) is 38.5 Å². The Labute approximate surface area is 166 Å². The Balaban J connectivity index is 0. The summed E-state index contributed by atoms with van der Waals surface area (Å²) < 4.78 is 9.02. The van der Waals surface area contributed by atoms with Gasteiger partial charge in [-0.15, -0.1) is 0 Å². The van der Waals surface area contributed by atoms with Crippen molar-refractivity contribution in [1.29, 1.82) is 0 Å². The lowest BCUT2D eigenvalue weighted by atomic mass is 10.1. The normalized spacial score (nSPS) is 9.36. The minimum atomic E-state index is -0.429. The number of rotatable bonds is 10. The van der Waals surface area contributed by atoms with Gasteiger partial charge >= 0.3 is 11.9 Å². The number of ether oxygens (including phenoxy) is 2. The first kappa shape index (κ1) is 28.2. The standard InChI is InChI=1S/C10H10O4.C6H14O2.C4H10O2/c1-13-9(11)7-3-5-8(6-4-7)10(12)14-2;7-5-3-1-2-4-6-8;5-3-1-2-4-6/h3-6H,1-2H3;7-8H,1-6H2;5-6H,1-4H2. The molecule has 4 N–H and O–H groups in total. The van der Waals surface area contributed by atoms with Gasteiger partial charge in [0.15, 0.2) is 0 Å². The Morgan fingerprint density at radius 1 is 0.607 bits per heavy atom. The first-order valence-electron chi connectivity index (χ1n) is 9.22. The van der Waals surface area contributed by atoms with Crippen molar-refractivity contribution in [2.75, 3.05) is 40.6 Å². The van der Waals surface area contributed by atoms with Gasteiger partial charge in [-0.25, -0.2) is 9.59 Å². The Bertz CT molecular complexity index is 442. The molecule has 0 aliphatic rings. The molecular weight excluding hydrogens is 368 g/mol. The Morgan fingerprint density at radius 3 is 1.07 bits per heavy atom. The second kappa shape index (κ2) is 21.3. The fourth-order valence-electron chi connectivity index (χ4n) is 1.78. The van der Waals surface area contributed by atoms with Crippen molar-refractivity contribution in [2.24, 2.45) is 0 Å². The van der Waals surface area contributed by atoms with E-state index in [1.165, 1.54) is 38.5 Å². The first-order valence-corrected chi connectivity index (χ1v) is 9.22. The summed E-state index contributed by atoms with van der Waals surface area (Å²) in [5.41, 5.74) is 0.806. The van der Waals surface area contributed by atoms with Gasteiger partial charge in [0.1, 0.15) is 0 Å². The van der Waals surface area contributed by atoms with E-state index in [2.05, 4.69) is 9.47 Å². The molecule has 162 valence electrons. The second-order valence-electron chi connectivity index (χ2n) is 5.58. The minimum Gasteiger partial charge on any atom is -0.465 e. The highest BCUT2D eigenvalue weighted by Crippen LogP contribution is 2.06. The summed E-state index contributed by atoms with van der Waals surface area (Å²) in [6.45, 7) is 0.956. The highest BCUT2D eigenvalue weighted by atomic mass is 16.5. The Kier molecular flexibility index (Phi) is 21.5. The zero-order valence-corrected chi connectivity index (χ0v) is 16.8. The fraction of sp³-hybridized carbons (Fsp3) is 0.600. The van der Waals surface area contributed by atoms with Gasteiger partial charge in [0.2, 0.25) is 0 Å². The molecule has 0 fully saturated rings. The molecule has 8 nitrogen and oxygen atoms in total. The van der Waals surface area contributed by atoms with Crippen molar-refractivity contribution >= 4 is 11.9 Å². The highest BCUT2D eigenvalue weighted by molar-refractivity contribution is 5.93. The number of carbonyl (C=O) groups excluding carboxylic acids is 2. The number of hydrogen-bond donors (Lipinski definition) is 4. The van der Waals surface area contributed by atoms with Crippen molar-refractivity contribution in [3.8, 4) is 0 Å². The van der Waals surface area contributed by atoms with E-state index in [-0.39, 0.29) is 26.4 Å². The highest BCUT2D eigenvalue weighted by Gasteiger charge is 2.08. The Morgan fingerprint density at radius 2 is 0.857 bits per heavy atom. The van der Waals surface area contributed by atoms with Crippen molar-refractivity contribution in [2.45, 2.75) is 38.5 Å². The molecule has 28 heavy (non-hydrogen) atoms. The van der Waals surface area contributed by atoms with Crippen LogP contribution in [0.15, 0.2) is 24.3 Å². The van der Waals surface area contributed by atoms with Crippen LogP contribution in [0.2, 0.25) is 0 Å². The van der Waals surface area contributed by atoms with Crippen LogP contribution in [-0.2, 0) is 9.47 Å². The maximum Gasteiger partial charge on any atom is 0.337 e. The predicted molar refractivity (Wildman–Crippen MR) is 105 cm³/mol. The smallest absolute Gasteiger partial charge is 0.337 e. The average Bonchev–Trinajstić information content (AvgIpc) is 2.75. The van der Waals surface area contributed by atoms with Crippen LogP contribution in [0.5, 0.6) is 0 Å². The molecule has 0 spiro atoms. The van der Waals surface area contributed by atoms with E-state index in [4.69, 9.17) is 20.4 Å². The molecule has 0 radical (unpaired) electrons. The van der Waals surface area contributed by atoms with Crippen LogP contribution in [0, 0.1) is 0 Å². The maximum absolute atomic E-state index is 11.0. The van der Waals surface area contributed by atoms with Crippen LogP contribution in [0.4, 0.5) is 0 Å². The number of aliphatic hydroxyl groups is 4. The van der Waals surface area contributed by atoms with E-state index in [0.29, 0.717) is 11.1 Å². The summed E-state index contributed by atoms with van der Waals surface area (Å²) in [6.07, 6.45) is 5.26. The second-order valence-corrected chi connectivity index (χ2v) is 5.58. The lowest BCUT2D eigenvalue weighted by molar-refractivity contribution is 0.0586. The summed E-state index contributed by atoms with van der Waals surface area (Å²) in [5, 5.41) is 32.8. The number of hydrogen-bond acceptors (Lipinski definition) is 8. The molecule has 0 aromatic heterocycles. The van der Waals surface area contributed by atoms with E-state index in [1.54, 1.807) is 0 Å². The average molecular weight is 402 g/mol. The third-order valence-electron chi connectivity index (χ3n) is 3.36. The molecule has 0 amide bonds. The molecule has 1 aromatic carbocycles. The number of unbranched alkanes of at least 4 members (excludes halogenated alkanes) is 4. The predicted octanol–water partition coefficient (Wildman–Crippen LogP) is 1.54. The van der Waals surface area contributed by atoms with Gasteiger partial charge in [-0.2, -0.15) is 0 Å². The van der Waals surface area contributed by atoms with Gasteiger partial charge in [-0.3, -0.25) is 0 Å². The number of carbonyl (C=O) groups is 2. The Hall–Kier alpha value is -2.00. The summed E-state index contributed by atoms with van der Waals surface area (Å²) in [6, 6.07) is 6.05. The van der Waals surface area contributed by atoms with Gasteiger partial charge in [0, 0.05) is 26.4 Å². The van der Waals surface area contributed by atoms with Crippen molar-refractivity contribution in [1.82, 2.24) is 0 Å². The molecule has 0 saturated heterocycles. The van der Waals surface area contributed by atoms with Gasteiger partial charge in [-0.05, 0) is 49.9 Å². The molecule has 8 heteroatoms. The molecule has 0 aliphatic carbocycles. The van der Waals surface area contributed by atoms with Gasteiger partial charge in [0.25, 0.3) is 0 Å². The molecule has 1 aromatic rings. The van der Waals surface area contributed by atoms with Gasteiger partial charge in [0.05, 0.1) is 25.3 Å². The lowest BCUT2D eigenvalue weighted by Crippen LogP contribution is -2.04. The maximum atomic E-state index is 11.0. The molecule has 0 heterocycles. The summed E-state index contributed by atoms with van der Waals surface area (Å²) in [4.78, 5) is 22.1. The van der Waals surface area contributed by atoms with Crippen LogP contribution in [0.3, 0.4) is 0 Å². The van der Waals surface area contributed by atoms with Gasteiger partial charge in [-0.1, -0.05) is 12.8 Å². The number of aliphatic hydroxyl groups excluding tert-OH is 4. The summed E-state index contributed by atoms with van der Waals surface area (Å²) in [5.74, 6) is -0.858. The van der Waals surface area contributed by atoms with Crippen LogP contribution >= 0.6 is 0 Å². The monoisotopic (exact) mass is 402 g/mol. The lowest BCUT2D eigenvalue weighted by Gasteiger charge is -2.00. The van der Waals surface area contributed by atoms with Crippen molar-refractivity contribution < 1.29 is 39.5 Å². The first-order chi connectivity index (χ1) is 13.5. The molecule has 0 saturated carbocycles. The van der Waals surface area contributed by atoms with Crippen LogP contribution in [0.1, 0.15) is 59.2 Å². The van der Waals surface area contributed by atoms with E-state index < -0.39 is 11.9 Å². The van der Waals surface area contributed by atoms with Crippen LogP contribution < -0.4 is 0 Å². The zero-order chi connectivity index (χ0) is 21.6. The largest absolute Gasteiger partial charge is 0.465 e. The summed E-state index contributed by atoms with van der Waals surface area (Å²) in [7, 11) is 2.60. The molecule has 0 bridgehead atoms. The molecule has 1 rings (SSSR count). The van der Waals surface area contributed by atoms with Crippen LogP contribution in [0.25, 0.3) is 0 Å².